The number of halogens is 1. The van der Waals surface area contributed by atoms with Crippen molar-refractivity contribution in [3.63, 3.8) is 0 Å². The van der Waals surface area contributed by atoms with Gasteiger partial charge in [0.15, 0.2) is 11.5 Å². The quantitative estimate of drug-likeness (QED) is 0.539. The molecule has 142 valence electrons. The Bertz CT molecular complexity index is 1130. The van der Waals surface area contributed by atoms with E-state index in [4.69, 9.17) is 11.6 Å². The minimum atomic E-state index is -0.349. The third kappa shape index (κ3) is 3.52. The highest BCUT2D eigenvalue weighted by Gasteiger charge is 2.14. The van der Waals surface area contributed by atoms with Gasteiger partial charge in [0.2, 0.25) is 0 Å². The first-order chi connectivity index (χ1) is 13.5. The molecule has 1 amide bonds. The molecular weight excluding hydrogens is 380 g/mol. The number of hydrogen-bond donors (Lipinski definition) is 2. The van der Waals surface area contributed by atoms with Crippen molar-refractivity contribution in [1.82, 2.24) is 34.7 Å². The molecule has 0 atom stereocenters. The molecule has 0 saturated carbocycles. The van der Waals surface area contributed by atoms with Crippen molar-refractivity contribution in [2.45, 2.75) is 20.5 Å². The van der Waals surface area contributed by atoms with E-state index in [1.165, 1.54) is 0 Å². The lowest BCUT2D eigenvalue weighted by Crippen LogP contribution is -2.15. The van der Waals surface area contributed by atoms with Gasteiger partial charge in [-0.05, 0) is 32.0 Å². The number of hydrogen-bond acceptors (Lipinski definition) is 5. The standard InChI is InChI=1S/C18H17ClN8O/c1-11-17(19)12(2)27(24-11)10-26-8-5-14(25-26)18(28)21-16-9-15(22-23-16)13-3-6-20-7-4-13/h3-9H,10H2,1-2H3,(H2,21,22,23,28). The number of amides is 1. The lowest BCUT2D eigenvalue weighted by atomic mass is 10.2. The van der Waals surface area contributed by atoms with Gasteiger partial charge in [-0.1, -0.05) is 11.6 Å². The molecule has 9 nitrogen and oxygen atoms in total. The number of rotatable bonds is 5. The zero-order valence-electron chi connectivity index (χ0n) is 15.2. The fourth-order valence-corrected chi connectivity index (χ4v) is 2.89. The molecule has 0 spiro atoms. The van der Waals surface area contributed by atoms with Crippen LogP contribution in [0.3, 0.4) is 0 Å². The fourth-order valence-electron chi connectivity index (χ4n) is 2.76. The molecule has 0 bridgehead atoms. The molecule has 0 aliphatic carbocycles. The third-order valence-corrected chi connectivity index (χ3v) is 4.80. The van der Waals surface area contributed by atoms with Crippen LogP contribution in [0.25, 0.3) is 11.3 Å². The van der Waals surface area contributed by atoms with Crippen molar-refractivity contribution in [3.05, 3.63) is 65.0 Å². The Morgan fingerprint density at radius 1 is 1.21 bits per heavy atom. The van der Waals surface area contributed by atoms with E-state index in [2.05, 4.69) is 30.7 Å². The maximum atomic E-state index is 12.5. The van der Waals surface area contributed by atoms with Gasteiger partial charge in [0.05, 0.1) is 22.1 Å². The monoisotopic (exact) mass is 396 g/mol. The Morgan fingerprint density at radius 3 is 2.71 bits per heavy atom. The predicted molar refractivity (Wildman–Crippen MR) is 104 cm³/mol. The topological polar surface area (TPSA) is 106 Å². The average Bonchev–Trinajstić information content (AvgIpc) is 3.41. The van der Waals surface area contributed by atoms with E-state index >= 15 is 0 Å². The second kappa shape index (κ2) is 7.28. The summed E-state index contributed by atoms with van der Waals surface area (Å²) in [6.45, 7) is 4.09. The van der Waals surface area contributed by atoms with Crippen LogP contribution in [0, 0.1) is 13.8 Å². The molecule has 0 unspecified atom stereocenters. The van der Waals surface area contributed by atoms with Crippen molar-refractivity contribution < 1.29 is 4.79 Å². The minimum Gasteiger partial charge on any atom is -0.304 e. The smallest absolute Gasteiger partial charge is 0.277 e. The third-order valence-electron chi connectivity index (χ3n) is 4.26. The van der Waals surface area contributed by atoms with Gasteiger partial charge in [-0.25, -0.2) is 4.68 Å². The van der Waals surface area contributed by atoms with E-state index in [0.29, 0.717) is 17.5 Å². The molecule has 2 N–H and O–H groups in total. The molecule has 28 heavy (non-hydrogen) atoms. The first-order valence-corrected chi connectivity index (χ1v) is 8.89. The van der Waals surface area contributed by atoms with Crippen molar-refractivity contribution in [1.29, 1.82) is 0 Å². The number of carbonyl (C=O) groups excluding carboxylic acids is 1. The number of nitrogens with zero attached hydrogens (tertiary/aromatic N) is 6. The Kier molecular flexibility index (Phi) is 4.66. The molecule has 0 fully saturated rings. The predicted octanol–water partition coefficient (Wildman–Crippen LogP) is 2.89. The van der Waals surface area contributed by atoms with Crippen LogP contribution in [0.15, 0.2) is 42.9 Å². The summed E-state index contributed by atoms with van der Waals surface area (Å²) >= 11 is 6.17. The van der Waals surface area contributed by atoms with Gasteiger partial charge in [-0.3, -0.25) is 19.6 Å². The molecule has 4 aromatic rings. The Hall–Kier alpha value is -3.46. The summed E-state index contributed by atoms with van der Waals surface area (Å²) < 4.78 is 3.36. The van der Waals surface area contributed by atoms with Gasteiger partial charge in [0, 0.05) is 30.2 Å². The second-order valence-corrected chi connectivity index (χ2v) is 6.60. The molecule has 10 heteroatoms. The van der Waals surface area contributed by atoms with Crippen LogP contribution in [0.2, 0.25) is 5.02 Å². The number of aromatic nitrogens is 7. The minimum absolute atomic E-state index is 0.279. The molecule has 4 rings (SSSR count). The van der Waals surface area contributed by atoms with Crippen molar-refractivity contribution >= 4 is 23.3 Å². The van der Waals surface area contributed by atoms with Gasteiger partial charge in [-0.15, -0.1) is 0 Å². The summed E-state index contributed by atoms with van der Waals surface area (Å²) in [5.74, 6) is 0.0645. The summed E-state index contributed by atoms with van der Waals surface area (Å²) in [5.41, 5.74) is 3.59. The van der Waals surface area contributed by atoms with Crippen molar-refractivity contribution in [3.8, 4) is 11.3 Å². The molecule has 0 aromatic carbocycles. The Balaban J connectivity index is 1.45. The van der Waals surface area contributed by atoms with Crippen LogP contribution in [-0.4, -0.2) is 40.6 Å². The number of aromatic amines is 1. The van der Waals surface area contributed by atoms with Crippen LogP contribution in [0.1, 0.15) is 21.9 Å². The van der Waals surface area contributed by atoms with Crippen LogP contribution < -0.4 is 5.32 Å². The molecule has 4 heterocycles. The Labute approximate surface area is 165 Å². The van der Waals surface area contributed by atoms with Gasteiger partial charge in [-0.2, -0.15) is 15.3 Å². The van der Waals surface area contributed by atoms with Crippen LogP contribution in [0.4, 0.5) is 5.82 Å². The van der Waals surface area contributed by atoms with Crippen LogP contribution in [-0.2, 0) is 6.67 Å². The summed E-state index contributed by atoms with van der Waals surface area (Å²) in [4.78, 5) is 16.4. The summed E-state index contributed by atoms with van der Waals surface area (Å²) in [6.07, 6.45) is 5.10. The first kappa shape index (κ1) is 17.9. The number of carbonyl (C=O) groups is 1. The maximum absolute atomic E-state index is 12.5. The lowest BCUT2D eigenvalue weighted by molar-refractivity contribution is 0.102. The van der Waals surface area contributed by atoms with E-state index in [9.17, 15) is 4.79 Å². The van der Waals surface area contributed by atoms with Gasteiger partial charge < -0.3 is 5.32 Å². The van der Waals surface area contributed by atoms with E-state index in [0.717, 1.165) is 22.6 Å². The average molecular weight is 397 g/mol. The van der Waals surface area contributed by atoms with E-state index in [-0.39, 0.29) is 11.6 Å². The fraction of sp³-hybridized carbons (Fsp3) is 0.167. The zero-order valence-corrected chi connectivity index (χ0v) is 16.0. The number of aryl methyl sites for hydroxylation is 1. The maximum Gasteiger partial charge on any atom is 0.277 e. The van der Waals surface area contributed by atoms with Gasteiger partial charge in [0.1, 0.15) is 6.67 Å². The highest BCUT2D eigenvalue weighted by molar-refractivity contribution is 6.31. The molecule has 0 saturated heterocycles. The van der Waals surface area contributed by atoms with E-state index < -0.39 is 0 Å². The molecular formula is C18H17ClN8O. The van der Waals surface area contributed by atoms with Crippen molar-refractivity contribution in [2.75, 3.05) is 5.32 Å². The second-order valence-electron chi connectivity index (χ2n) is 6.22. The molecule has 4 aromatic heterocycles. The zero-order chi connectivity index (χ0) is 19.7. The van der Waals surface area contributed by atoms with E-state index in [1.54, 1.807) is 40.1 Å². The number of nitrogens with one attached hydrogen (secondary N) is 2. The van der Waals surface area contributed by atoms with Crippen LogP contribution >= 0.6 is 11.6 Å². The summed E-state index contributed by atoms with van der Waals surface area (Å²) in [5, 5.41) is 19.0. The van der Waals surface area contributed by atoms with Crippen LogP contribution in [0.5, 0.6) is 0 Å². The highest BCUT2D eigenvalue weighted by atomic mass is 35.5. The van der Waals surface area contributed by atoms with Gasteiger partial charge >= 0.3 is 0 Å². The number of H-pyrrole nitrogens is 1. The highest BCUT2D eigenvalue weighted by Crippen LogP contribution is 2.20. The first-order valence-electron chi connectivity index (χ1n) is 8.51. The van der Waals surface area contributed by atoms with E-state index in [1.807, 2.05) is 26.0 Å². The summed E-state index contributed by atoms with van der Waals surface area (Å²) in [6, 6.07) is 7.10. The molecule has 0 aliphatic rings. The lowest BCUT2D eigenvalue weighted by Gasteiger charge is -2.04. The largest absolute Gasteiger partial charge is 0.304 e. The number of pyridine rings is 1. The molecule has 0 radical (unpaired) electrons. The normalized spacial score (nSPS) is 11.0. The Morgan fingerprint density at radius 2 is 2.00 bits per heavy atom. The van der Waals surface area contributed by atoms with Gasteiger partial charge in [0.25, 0.3) is 5.91 Å². The number of anilines is 1. The molecule has 0 aliphatic heterocycles. The SMILES string of the molecule is Cc1nn(Cn2ccc(C(=O)Nc3cc(-c4ccncc4)[nH]n3)n2)c(C)c1Cl. The van der Waals surface area contributed by atoms with Crippen molar-refractivity contribution in [2.24, 2.45) is 0 Å². The summed E-state index contributed by atoms with van der Waals surface area (Å²) in [7, 11) is 0.